The predicted molar refractivity (Wildman–Crippen MR) is 75.4 cm³/mol. The Balaban J connectivity index is 4.65. The van der Waals surface area contributed by atoms with E-state index in [4.69, 9.17) is 14.6 Å². The fraction of sp³-hybridized carbons (Fsp3) is 1.00. The Morgan fingerprint density at radius 3 is 1.75 bits per heavy atom. The highest BCUT2D eigenvalue weighted by molar-refractivity contribution is 7.36. The van der Waals surface area contributed by atoms with Crippen molar-refractivity contribution in [2.45, 2.75) is 52.4 Å². The minimum Gasteiger partial charge on any atom is -0.397 e. The molecule has 5 heteroatoms. The third-order valence-corrected chi connectivity index (χ3v) is 16.1. The van der Waals surface area contributed by atoms with Crippen LogP contribution in [0.15, 0.2) is 0 Å². The quantitative estimate of drug-likeness (QED) is 0.514. The molecule has 0 aliphatic rings. The predicted octanol–water partition coefficient (Wildman–Crippen LogP) is 2.66. The number of hydrogen-bond acceptors (Lipinski definition) is 3. The SMILES string of the molecule is CCO[Si](CCCCN)(OCC)[Si](C)(C)C. The van der Waals surface area contributed by atoms with Crippen LogP contribution in [-0.2, 0) is 8.85 Å². The van der Waals surface area contributed by atoms with Crippen LogP contribution in [0.1, 0.15) is 26.7 Å². The normalized spacial score (nSPS) is 13.1. The van der Waals surface area contributed by atoms with Crippen LogP contribution in [0.2, 0.25) is 25.7 Å². The Morgan fingerprint density at radius 2 is 1.44 bits per heavy atom. The molecule has 0 amide bonds. The van der Waals surface area contributed by atoms with Crippen LogP contribution in [0.4, 0.5) is 0 Å². The average Bonchev–Trinajstić information content (AvgIpc) is 2.17. The van der Waals surface area contributed by atoms with E-state index in [-0.39, 0.29) is 0 Å². The van der Waals surface area contributed by atoms with Crippen molar-refractivity contribution in [2.24, 2.45) is 5.73 Å². The van der Waals surface area contributed by atoms with Crippen LogP contribution in [0.25, 0.3) is 0 Å². The first kappa shape index (κ1) is 16.3. The van der Waals surface area contributed by atoms with Crippen molar-refractivity contribution >= 4 is 15.7 Å². The van der Waals surface area contributed by atoms with Crippen molar-refractivity contribution in [1.29, 1.82) is 0 Å². The summed E-state index contributed by atoms with van der Waals surface area (Å²) >= 11 is 0. The number of unbranched alkanes of at least 4 members (excludes halogenated alkanes) is 1. The van der Waals surface area contributed by atoms with Gasteiger partial charge in [-0.05, 0) is 32.9 Å². The summed E-state index contributed by atoms with van der Waals surface area (Å²) in [5.74, 6) is 0. The van der Waals surface area contributed by atoms with Gasteiger partial charge in [-0.3, -0.25) is 0 Å². The second-order valence-corrected chi connectivity index (χ2v) is 19.0. The lowest BCUT2D eigenvalue weighted by molar-refractivity contribution is 0.199. The smallest absolute Gasteiger partial charge is 0.315 e. The maximum atomic E-state index is 6.12. The van der Waals surface area contributed by atoms with Gasteiger partial charge in [-0.1, -0.05) is 26.1 Å². The first-order valence-corrected chi connectivity index (χ1v) is 12.9. The van der Waals surface area contributed by atoms with Crippen LogP contribution in [0, 0.1) is 0 Å². The monoisotopic (exact) mass is 263 g/mol. The lowest BCUT2D eigenvalue weighted by atomic mass is 10.3. The molecule has 0 atom stereocenters. The van der Waals surface area contributed by atoms with Crippen molar-refractivity contribution < 1.29 is 8.85 Å². The summed E-state index contributed by atoms with van der Waals surface area (Å²) < 4.78 is 12.2. The molecule has 0 fully saturated rings. The molecule has 16 heavy (non-hydrogen) atoms. The molecule has 0 bridgehead atoms. The molecule has 0 aromatic rings. The van der Waals surface area contributed by atoms with Gasteiger partial charge in [0.2, 0.25) is 0 Å². The Labute approximate surface area is 103 Å². The van der Waals surface area contributed by atoms with Crippen LogP contribution >= 0.6 is 0 Å². The summed E-state index contributed by atoms with van der Waals surface area (Å²) in [6, 6.07) is 1.11. The zero-order valence-corrected chi connectivity index (χ0v) is 13.6. The highest BCUT2D eigenvalue weighted by Gasteiger charge is 2.49. The Hall–Kier alpha value is 0.314. The van der Waals surface area contributed by atoms with Crippen molar-refractivity contribution in [3.63, 3.8) is 0 Å². The lowest BCUT2D eigenvalue weighted by Gasteiger charge is -2.39. The molecule has 3 nitrogen and oxygen atoms in total. The van der Waals surface area contributed by atoms with Crippen molar-refractivity contribution in [3.8, 4) is 0 Å². The first-order valence-electron chi connectivity index (χ1n) is 6.41. The molecule has 0 heterocycles. The fourth-order valence-electron chi connectivity index (χ4n) is 1.96. The minimum atomic E-state index is -1.95. The van der Waals surface area contributed by atoms with E-state index in [1.807, 2.05) is 0 Å². The van der Waals surface area contributed by atoms with Crippen molar-refractivity contribution in [2.75, 3.05) is 19.8 Å². The summed E-state index contributed by atoms with van der Waals surface area (Å²) in [7, 11) is -3.33. The van der Waals surface area contributed by atoms with Crippen LogP contribution in [0.3, 0.4) is 0 Å². The molecule has 0 spiro atoms. The molecule has 2 N–H and O–H groups in total. The maximum absolute atomic E-state index is 6.12. The number of rotatable bonds is 9. The van der Waals surface area contributed by atoms with Crippen molar-refractivity contribution in [1.82, 2.24) is 0 Å². The van der Waals surface area contributed by atoms with E-state index < -0.39 is 15.7 Å². The van der Waals surface area contributed by atoms with Gasteiger partial charge in [-0.15, -0.1) is 0 Å². The van der Waals surface area contributed by atoms with Crippen LogP contribution < -0.4 is 5.73 Å². The van der Waals surface area contributed by atoms with E-state index in [2.05, 4.69) is 33.5 Å². The van der Waals surface area contributed by atoms with Gasteiger partial charge >= 0.3 is 8.08 Å². The highest BCUT2D eigenvalue weighted by Crippen LogP contribution is 2.28. The molecule has 0 unspecified atom stereocenters. The van der Waals surface area contributed by atoms with Gasteiger partial charge in [0.25, 0.3) is 0 Å². The largest absolute Gasteiger partial charge is 0.397 e. The molecule has 98 valence electrons. The molecule has 0 rings (SSSR count). The van der Waals surface area contributed by atoms with E-state index >= 15 is 0 Å². The van der Waals surface area contributed by atoms with Crippen molar-refractivity contribution in [3.05, 3.63) is 0 Å². The second kappa shape index (κ2) is 7.60. The Bertz CT molecular complexity index is 177. The molecule has 0 saturated heterocycles. The van der Waals surface area contributed by atoms with E-state index in [0.717, 1.165) is 38.6 Å². The third kappa shape index (κ3) is 4.67. The van der Waals surface area contributed by atoms with E-state index in [1.54, 1.807) is 0 Å². The molecular weight excluding hydrogens is 234 g/mol. The summed E-state index contributed by atoms with van der Waals surface area (Å²) in [5.41, 5.74) is 5.56. The molecule has 0 aliphatic heterocycles. The van der Waals surface area contributed by atoms with Gasteiger partial charge in [-0.25, -0.2) is 0 Å². The van der Waals surface area contributed by atoms with Gasteiger partial charge in [0.05, 0.1) is 0 Å². The average molecular weight is 264 g/mol. The zero-order chi connectivity index (χ0) is 12.7. The lowest BCUT2D eigenvalue weighted by Crippen LogP contribution is -2.62. The van der Waals surface area contributed by atoms with Gasteiger partial charge in [0.1, 0.15) is 7.59 Å². The summed E-state index contributed by atoms with van der Waals surface area (Å²) in [6.07, 6.45) is 2.23. The van der Waals surface area contributed by atoms with Gasteiger partial charge in [0, 0.05) is 13.2 Å². The summed E-state index contributed by atoms with van der Waals surface area (Å²) in [5, 5.41) is 0. The van der Waals surface area contributed by atoms with Gasteiger partial charge in [-0.2, -0.15) is 0 Å². The number of hydrogen-bond donors (Lipinski definition) is 1. The minimum absolute atomic E-state index is 0.772. The Kier molecular flexibility index (Phi) is 7.75. The zero-order valence-electron chi connectivity index (χ0n) is 11.6. The van der Waals surface area contributed by atoms with Gasteiger partial charge < -0.3 is 14.6 Å². The molecular formula is C11H29NO2Si2. The van der Waals surface area contributed by atoms with Crippen LogP contribution in [0.5, 0.6) is 0 Å². The molecule has 0 saturated carbocycles. The molecule has 0 aliphatic carbocycles. The fourth-order valence-corrected chi connectivity index (χ4v) is 11.8. The Morgan fingerprint density at radius 1 is 0.938 bits per heavy atom. The maximum Gasteiger partial charge on any atom is 0.315 e. The van der Waals surface area contributed by atoms with Crippen LogP contribution in [-0.4, -0.2) is 35.4 Å². The molecule has 0 radical (unpaired) electrons. The van der Waals surface area contributed by atoms with Gasteiger partial charge in [0.15, 0.2) is 0 Å². The molecule has 0 aromatic carbocycles. The summed E-state index contributed by atoms with van der Waals surface area (Å²) in [4.78, 5) is 0. The van der Waals surface area contributed by atoms with E-state index in [9.17, 15) is 0 Å². The topological polar surface area (TPSA) is 44.5 Å². The van der Waals surface area contributed by atoms with E-state index in [1.165, 1.54) is 0 Å². The number of nitrogens with two attached hydrogens (primary N) is 1. The standard InChI is InChI=1S/C11H29NO2Si2/c1-6-13-16(14-7-2,15(3,4)5)11-9-8-10-12/h6-12H2,1-5H3. The summed E-state index contributed by atoms with van der Waals surface area (Å²) in [6.45, 7) is 13.6. The first-order chi connectivity index (χ1) is 7.43. The highest BCUT2D eigenvalue weighted by atomic mass is 29.3. The van der Waals surface area contributed by atoms with E-state index in [0.29, 0.717) is 0 Å². The second-order valence-electron chi connectivity index (χ2n) is 5.11. The third-order valence-electron chi connectivity index (χ3n) is 2.86. The molecule has 0 aromatic heterocycles.